The van der Waals surface area contributed by atoms with E-state index < -0.39 is 0 Å². The minimum Gasteiger partial charge on any atom is -0.345 e. The highest BCUT2D eigenvalue weighted by Gasteiger charge is 2.18. The Morgan fingerprint density at radius 3 is 2.33 bits per heavy atom. The number of benzene rings is 1. The van der Waals surface area contributed by atoms with Crippen LogP contribution >= 0.6 is 0 Å². The molecule has 100 valence electrons. The molecule has 1 aromatic rings. The first-order chi connectivity index (χ1) is 8.45. The number of nitrogens with zero attached hydrogens (tertiary/aromatic N) is 1. The van der Waals surface area contributed by atoms with Crippen molar-refractivity contribution in [3.8, 4) is 0 Å². The molecule has 1 rings (SSSR count). The number of amides is 1. The molecule has 2 unspecified atom stereocenters. The van der Waals surface area contributed by atoms with Gasteiger partial charge in [-0.25, -0.2) is 0 Å². The molecule has 0 spiro atoms. The third-order valence-corrected chi connectivity index (χ3v) is 3.30. The highest BCUT2D eigenvalue weighted by Crippen LogP contribution is 2.14. The van der Waals surface area contributed by atoms with Crippen LogP contribution in [0.3, 0.4) is 0 Å². The van der Waals surface area contributed by atoms with Gasteiger partial charge in [0.1, 0.15) is 0 Å². The van der Waals surface area contributed by atoms with Crippen molar-refractivity contribution in [1.82, 2.24) is 10.2 Å². The fraction of sp³-hybridized carbons (Fsp3) is 0.533. The van der Waals surface area contributed by atoms with Crippen molar-refractivity contribution in [2.45, 2.75) is 39.8 Å². The fourth-order valence-electron chi connectivity index (χ4n) is 1.88. The zero-order chi connectivity index (χ0) is 13.7. The average Bonchev–Trinajstić information content (AvgIpc) is 2.37. The van der Waals surface area contributed by atoms with Gasteiger partial charge in [0.25, 0.3) is 0 Å². The van der Waals surface area contributed by atoms with E-state index in [0.717, 1.165) is 6.54 Å². The summed E-state index contributed by atoms with van der Waals surface area (Å²) in [5.41, 5.74) is 2.46. The summed E-state index contributed by atoms with van der Waals surface area (Å²) in [4.78, 5) is 13.7. The van der Waals surface area contributed by atoms with Crippen LogP contribution in [-0.2, 0) is 4.79 Å². The van der Waals surface area contributed by atoms with E-state index in [1.807, 2.05) is 20.9 Å². The lowest BCUT2D eigenvalue weighted by Gasteiger charge is -2.24. The van der Waals surface area contributed by atoms with Gasteiger partial charge in [0.05, 0.1) is 6.04 Å². The largest absolute Gasteiger partial charge is 0.345 e. The molecule has 18 heavy (non-hydrogen) atoms. The molecule has 1 amide bonds. The van der Waals surface area contributed by atoms with E-state index in [2.05, 4.69) is 43.4 Å². The molecule has 0 aliphatic rings. The van der Waals surface area contributed by atoms with E-state index in [9.17, 15) is 4.79 Å². The van der Waals surface area contributed by atoms with E-state index in [0.29, 0.717) is 0 Å². The Hall–Kier alpha value is -1.35. The van der Waals surface area contributed by atoms with Crippen molar-refractivity contribution in [1.29, 1.82) is 0 Å². The Morgan fingerprint density at radius 2 is 1.83 bits per heavy atom. The molecule has 0 radical (unpaired) electrons. The van der Waals surface area contributed by atoms with Crippen LogP contribution in [-0.4, -0.2) is 30.4 Å². The predicted octanol–water partition coefficient (Wildman–Crippen LogP) is 2.51. The van der Waals surface area contributed by atoms with Gasteiger partial charge in [-0.3, -0.25) is 10.1 Å². The predicted molar refractivity (Wildman–Crippen MR) is 75.5 cm³/mol. The summed E-state index contributed by atoms with van der Waals surface area (Å²) in [6.45, 7) is 8.79. The number of hydrogen-bond acceptors (Lipinski definition) is 2. The number of aryl methyl sites for hydroxylation is 1. The van der Waals surface area contributed by atoms with Gasteiger partial charge in [-0.2, -0.15) is 0 Å². The monoisotopic (exact) mass is 248 g/mol. The van der Waals surface area contributed by atoms with E-state index in [1.54, 1.807) is 4.90 Å². The second kappa shape index (κ2) is 6.55. The Morgan fingerprint density at radius 1 is 1.28 bits per heavy atom. The van der Waals surface area contributed by atoms with Gasteiger partial charge in [-0.05, 0) is 33.3 Å². The molecule has 2 atom stereocenters. The number of nitrogens with one attached hydrogen (secondary N) is 1. The molecule has 0 saturated carbocycles. The molecule has 0 aromatic heterocycles. The fourth-order valence-corrected chi connectivity index (χ4v) is 1.88. The SMILES string of the molecule is CCN(C)C(=O)C(C)NC(C)c1ccc(C)cc1. The van der Waals surface area contributed by atoms with E-state index in [1.165, 1.54) is 11.1 Å². The van der Waals surface area contributed by atoms with Crippen LogP contribution in [0.15, 0.2) is 24.3 Å². The Bertz CT molecular complexity index is 386. The Labute approximate surface area is 110 Å². The standard InChI is InChI=1S/C15H24N2O/c1-6-17(5)15(18)13(4)16-12(3)14-9-7-11(2)8-10-14/h7-10,12-13,16H,6H2,1-5H3. The van der Waals surface area contributed by atoms with Crippen molar-refractivity contribution >= 4 is 5.91 Å². The summed E-state index contributed by atoms with van der Waals surface area (Å²) in [6, 6.07) is 8.42. The minimum absolute atomic E-state index is 0.136. The van der Waals surface area contributed by atoms with E-state index >= 15 is 0 Å². The molecule has 3 heteroatoms. The van der Waals surface area contributed by atoms with Crippen molar-refractivity contribution in [2.24, 2.45) is 0 Å². The third-order valence-electron chi connectivity index (χ3n) is 3.30. The Balaban J connectivity index is 2.61. The number of carbonyl (C=O) groups excluding carboxylic acids is 1. The number of carbonyl (C=O) groups is 1. The third kappa shape index (κ3) is 3.84. The lowest BCUT2D eigenvalue weighted by molar-refractivity contribution is -0.131. The molecular formula is C15H24N2O. The van der Waals surface area contributed by atoms with Crippen LogP contribution in [0.4, 0.5) is 0 Å². The van der Waals surface area contributed by atoms with Crippen LogP contribution in [0.25, 0.3) is 0 Å². The molecule has 1 aromatic carbocycles. The summed E-state index contributed by atoms with van der Waals surface area (Å²) in [6.07, 6.45) is 0. The zero-order valence-electron chi connectivity index (χ0n) is 12.0. The maximum atomic E-state index is 12.0. The van der Waals surface area contributed by atoms with Crippen molar-refractivity contribution in [3.63, 3.8) is 0 Å². The Kier molecular flexibility index (Phi) is 5.35. The van der Waals surface area contributed by atoms with Gasteiger partial charge in [0.15, 0.2) is 0 Å². The van der Waals surface area contributed by atoms with Crippen molar-refractivity contribution in [3.05, 3.63) is 35.4 Å². The number of rotatable bonds is 5. The first-order valence-electron chi connectivity index (χ1n) is 6.53. The maximum absolute atomic E-state index is 12.0. The molecular weight excluding hydrogens is 224 g/mol. The molecule has 0 aliphatic heterocycles. The second-order valence-corrected chi connectivity index (χ2v) is 4.87. The van der Waals surface area contributed by atoms with Gasteiger partial charge in [-0.1, -0.05) is 29.8 Å². The highest BCUT2D eigenvalue weighted by atomic mass is 16.2. The molecule has 0 fully saturated rings. The van der Waals surface area contributed by atoms with Crippen LogP contribution in [0.5, 0.6) is 0 Å². The molecule has 0 saturated heterocycles. The maximum Gasteiger partial charge on any atom is 0.239 e. The van der Waals surface area contributed by atoms with Crippen molar-refractivity contribution in [2.75, 3.05) is 13.6 Å². The first-order valence-corrected chi connectivity index (χ1v) is 6.53. The number of likely N-dealkylation sites (N-methyl/N-ethyl adjacent to an activating group) is 1. The van der Waals surface area contributed by atoms with Crippen molar-refractivity contribution < 1.29 is 4.79 Å². The molecule has 3 nitrogen and oxygen atoms in total. The van der Waals surface area contributed by atoms with Gasteiger partial charge >= 0.3 is 0 Å². The van der Waals surface area contributed by atoms with E-state index in [-0.39, 0.29) is 18.0 Å². The summed E-state index contributed by atoms with van der Waals surface area (Å²) < 4.78 is 0. The smallest absolute Gasteiger partial charge is 0.239 e. The lowest BCUT2D eigenvalue weighted by atomic mass is 10.1. The molecule has 0 heterocycles. The topological polar surface area (TPSA) is 32.3 Å². The van der Waals surface area contributed by atoms with Gasteiger partial charge in [-0.15, -0.1) is 0 Å². The van der Waals surface area contributed by atoms with Crippen LogP contribution < -0.4 is 5.32 Å². The summed E-state index contributed by atoms with van der Waals surface area (Å²) in [5.74, 6) is 0.136. The second-order valence-electron chi connectivity index (χ2n) is 4.87. The molecule has 0 aliphatic carbocycles. The quantitative estimate of drug-likeness (QED) is 0.868. The first kappa shape index (κ1) is 14.7. The van der Waals surface area contributed by atoms with Crippen LogP contribution in [0, 0.1) is 6.92 Å². The normalized spacial score (nSPS) is 14.1. The highest BCUT2D eigenvalue weighted by molar-refractivity contribution is 5.81. The average molecular weight is 248 g/mol. The van der Waals surface area contributed by atoms with Gasteiger partial charge in [0.2, 0.25) is 5.91 Å². The van der Waals surface area contributed by atoms with Crippen LogP contribution in [0.1, 0.15) is 37.9 Å². The number of hydrogen-bond donors (Lipinski definition) is 1. The molecule has 1 N–H and O–H groups in total. The molecule has 0 bridgehead atoms. The van der Waals surface area contributed by atoms with Gasteiger partial charge < -0.3 is 4.90 Å². The zero-order valence-corrected chi connectivity index (χ0v) is 12.0. The summed E-state index contributed by atoms with van der Waals surface area (Å²) >= 11 is 0. The minimum atomic E-state index is -0.161. The van der Waals surface area contributed by atoms with Crippen LogP contribution in [0.2, 0.25) is 0 Å². The lowest BCUT2D eigenvalue weighted by Crippen LogP contribution is -2.43. The summed E-state index contributed by atoms with van der Waals surface area (Å²) in [5, 5.41) is 3.34. The summed E-state index contributed by atoms with van der Waals surface area (Å²) in [7, 11) is 1.83. The van der Waals surface area contributed by atoms with Gasteiger partial charge in [0, 0.05) is 19.6 Å². The van der Waals surface area contributed by atoms with E-state index in [4.69, 9.17) is 0 Å².